The molecule has 0 aromatic rings. The summed E-state index contributed by atoms with van der Waals surface area (Å²) in [4.78, 5) is 0. The number of halogens is 2. The van der Waals surface area contributed by atoms with Crippen molar-refractivity contribution in [1.82, 2.24) is 0 Å². The first kappa shape index (κ1) is 12.7. The van der Waals surface area contributed by atoms with E-state index in [2.05, 4.69) is 0 Å². The third-order valence-corrected chi connectivity index (χ3v) is 3.21. The van der Waals surface area contributed by atoms with Crippen molar-refractivity contribution in [2.45, 2.75) is 19.4 Å². The lowest BCUT2D eigenvalue weighted by atomic mass is 10.5. The molecule has 0 heterocycles. The third kappa shape index (κ3) is 8.81. The molecule has 0 spiro atoms. The van der Waals surface area contributed by atoms with Gasteiger partial charge in [0.15, 0.2) is 0 Å². The zero-order valence-electron chi connectivity index (χ0n) is 7.39. The Hall–Kier alpha value is 0.717. The predicted molar refractivity (Wildman–Crippen MR) is 55.6 cm³/mol. The number of hydrogen-bond acceptors (Lipinski definition) is 2. The Labute approximate surface area is 86.0 Å². The number of alkyl halides is 2. The summed E-state index contributed by atoms with van der Waals surface area (Å²) in [6, 6.07) is 0. The van der Waals surface area contributed by atoms with Crippen LogP contribution in [0.15, 0.2) is 0 Å². The first-order valence-electron chi connectivity index (χ1n) is 4.16. The highest BCUT2D eigenvalue weighted by atomic mass is 35.5. The van der Waals surface area contributed by atoms with Gasteiger partial charge >= 0.3 is 9.28 Å². The summed E-state index contributed by atoms with van der Waals surface area (Å²) in [6.07, 6.45) is 1.80. The second kappa shape index (κ2) is 9.80. The minimum atomic E-state index is -1.38. The Bertz CT molecular complexity index is 85.5. The van der Waals surface area contributed by atoms with Gasteiger partial charge in [0.25, 0.3) is 0 Å². The SMILES string of the molecule is C[SiH](OCCCCl)OCCCCl. The van der Waals surface area contributed by atoms with Gasteiger partial charge in [-0.15, -0.1) is 23.2 Å². The molecule has 0 rings (SSSR count). The average Bonchev–Trinajstić information content (AvgIpc) is 2.06. The van der Waals surface area contributed by atoms with E-state index < -0.39 is 9.28 Å². The Kier molecular flexibility index (Phi) is 10.4. The third-order valence-electron chi connectivity index (χ3n) is 1.26. The zero-order chi connectivity index (χ0) is 9.23. The molecule has 2 nitrogen and oxygen atoms in total. The largest absolute Gasteiger partial charge is 0.397 e. The topological polar surface area (TPSA) is 18.5 Å². The van der Waals surface area contributed by atoms with E-state index in [1.807, 2.05) is 6.55 Å². The molecule has 0 aliphatic carbocycles. The van der Waals surface area contributed by atoms with Crippen molar-refractivity contribution in [1.29, 1.82) is 0 Å². The standard InChI is InChI=1S/C7H16Cl2O2Si/c1-12(10-6-2-4-8)11-7-3-5-9/h12H,2-7H2,1H3. The van der Waals surface area contributed by atoms with Crippen LogP contribution in [0.25, 0.3) is 0 Å². The van der Waals surface area contributed by atoms with Crippen molar-refractivity contribution in [2.75, 3.05) is 25.0 Å². The van der Waals surface area contributed by atoms with Gasteiger partial charge in [-0.05, 0) is 19.4 Å². The molecule has 12 heavy (non-hydrogen) atoms. The molecule has 0 aliphatic rings. The molecule has 0 N–H and O–H groups in total. The molecule has 0 saturated heterocycles. The molecule has 5 heteroatoms. The van der Waals surface area contributed by atoms with Crippen LogP contribution in [0.5, 0.6) is 0 Å². The first-order chi connectivity index (χ1) is 5.81. The highest BCUT2D eigenvalue weighted by molar-refractivity contribution is 6.42. The van der Waals surface area contributed by atoms with Gasteiger partial charge in [-0.25, -0.2) is 0 Å². The molecule has 74 valence electrons. The van der Waals surface area contributed by atoms with Crippen molar-refractivity contribution in [3.63, 3.8) is 0 Å². The summed E-state index contributed by atoms with van der Waals surface area (Å²) >= 11 is 11.0. The maximum absolute atomic E-state index is 5.49. The van der Waals surface area contributed by atoms with Crippen molar-refractivity contribution >= 4 is 32.5 Å². The van der Waals surface area contributed by atoms with E-state index in [9.17, 15) is 0 Å². The van der Waals surface area contributed by atoms with Gasteiger partial charge in [0, 0.05) is 25.0 Å². The van der Waals surface area contributed by atoms with Crippen LogP contribution in [-0.4, -0.2) is 34.3 Å². The summed E-state index contributed by atoms with van der Waals surface area (Å²) in [5.74, 6) is 1.31. The van der Waals surface area contributed by atoms with Crippen LogP contribution in [-0.2, 0) is 8.85 Å². The summed E-state index contributed by atoms with van der Waals surface area (Å²) in [6.45, 7) is 3.46. The maximum Gasteiger partial charge on any atom is 0.318 e. The molecule has 0 radical (unpaired) electrons. The van der Waals surface area contributed by atoms with E-state index in [1.165, 1.54) is 0 Å². The van der Waals surface area contributed by atoms with Crippen LogP contribution in [0.3, 0.4) is 0 Å². The Balaban J connectivity index is 3.04. The van der Waals surface area contributed by atoms with Crippen LogP contribution in [0, 0.1) is 0 Å². The van der Waals surface area contributed by atoms with Crippen LogP contribution in [0.1, 0.15) is 12.8 Å². The Morgan fingerprint density at radius 2 is 1.42 bits per heavy atom. The highest BCUT2D eigenvalue weighted by Crippen LogP contribution is 1.94. The lowest BCUT2D eigenvalue weighted by Gasteiger charge is -2.11. The lowest BCUT2D eigenvalue weighted by Crippen LogP contribution is -2.20. The van der Waals surface area contributed by atoms with E-state index in [-0.39, 0.29) is 0 Å². The van der Waals surface area contributed by atoms with Gasteiger partial charge in [-0.3, -0.25) is 0 Å². The van der Waals surface area contributed by atoms with Crippen LogP contribution < -0.4 is 0 Å². The van der Waals surface area contributed by atoms with Gasteiger partial charge in [0.1, 0.15) is 0 Å². The van der Waals surface area contributed by atoms with Gasteiger partial charge < -0.3 is 8.85 Å². The molecule has 0 saturated carbocycles. The van der Waals surface area contributed by atoms with Crippen LogP contribution in [0.2, 0.25) is 6.55 Å². The minimum absolute atomic E-state index is 0.656. The smallest absolute Gasteiger partial charge is 0.318 e. The molecular formula is C7H16Cl2O2Si. The number of rotatable bonds is 8. The van der Waals surface area contributed by atoms with E-state index >= 15 is 0 Å². The van der Waals surface area contributed by atoms with Gasteiger partial charge in [-0.2, -0.15) is 0 Å². The fourth-order valence-corrected chi connectivity index (χ4v) is 1.97. The molecule has 0 aromatic carbocycles. The second-order valence-electron chi connectivity index (χ2n) is 2.39. The number of hydrogen-bond donors (Lipinski definition) is 0. The normalized spacial score (nSPS) is 11.0. The lowest BCUT2D eigenvalue weighted by molar-refractivity contribution is 0.203. The van der Waals surface area contributed by atoms with E-state index in [4.69, 9.17) is 32.1 Å². The van der Waals surface area contributed by atoms with E-state index in [0.717, 1.165) is 26.1 Å². The molecule has 0 aliphatic heterocycles. The minimum Gasteiger partial charge on any atom is -0.397 e. The van der Waals surface area contributed by atoms with Gasteiger partial charge in [-0.1, -0.05) is 0 Å². The summed E-state index contributed by atoms with van der Waals surface area (Å²) in [7, 11) is -1.38. The Morgan fingerprint density at radius 3 is 1.75 bits per heavy atom. The summed E-state index contributed by atoms with van der Waals surface area (Å²) in [5, 5.41) is 0. The van der Waals surface area contributed by atoms with Crippen molar-refractivity contribution in [3.8, 4) is 0 Å². The fourth-order valence-electron chi connectivity index (χ4n) is 0.656. The van der Waals surface area contributed by atoms with Gasteiger partial charge in [0.2, 0.25) is 0 Å². The van der Waals surface area contributed by atoms with Gasteiger partial charge in [0.05, 0.1) is 0 Å². The summed E-state index contributed by atoms with van der Waals surface area (Å²) < 4.78 is 10.8. The molecule has 0 aromatic heterocycles. The molecule has 0 amide bonds. The van der Waals surface area contributed by atoms with Crippen LogP contribution in [0.4, 0.5) is 0 Å². The molecular weight excluding hydrogens is 215 g/mol. The molecule has 0 atom stereocenters. The maximum atomic E-state index is 5.49. The summed E-state index contributed by atoms with van der Waals surface area (Å²) in [5.41, 5.74) is 0. The van der Waals surface area contributed by atoms with E-state index in [1.54, 1.807) is 0 Å². The first-order valence-corrected chi connectivity index (χ1v) is 7.33. The molecule has 0 bridgehead atoms. The monoisotopic (exact) mass is 230 g/mol. The van der Waals surface area contributed by atoms with Crippen molar-refractivity contribution < 1.29 is 8.85 Å². The highest BCUT2D eigenvalue weighted by Gasteiger charge is 2.03. The van der Waals surface area contributed by atoms with Crippen LogP contribution >= 0.6 is 23.2 Å². The zero-order valence-corrected chi connectivity index (χ0v) is 10.1. The Morgan fingerprint density at radius 1 is 1.00 bits per heavy atom. The average molecular weight is 231 g/mol. The fraction of sp³-hybridized carbons (Fsp3) is 1.00. The molecule has 0 fully saturated rings. The molecule has 0 unspecified atom stereocenters. The van der Waals surface area contributed by atoms with E-state index in [0.29, 0.717) is 11.8 Å². The van der Waals surface area contributed by atoms with Crippen molar-refractivity contribution in [2.24, 2.45) is 0 Å². The van der Waals surface area contributed by atoms with Crippen molar-refractivity contribution in [3.05, 3.63) is 0 Å². The quantitative estimate of drug-likeness (QED) is 0.362. The predicted octanol–water partition coefficient (Wildman–Crippen LogP) is 2.13. The second-order valence-corrected chi connectivity index (χ2v) is 4.95.